The second-order valence-corrected chi connectivity index (χ2v) is 11.9. The number of imidazole rings is 1. The minimum atomic E-state index is -0.435. The fourth-order valence-electron chi connectivity index (χ4n) is 6.40. The van der Waals surface area contributed by atoms with Crippen molar-refractivity contribution in [3.8, 4) is 0 Å². The molecule has 3 aliphatic carbocycles. The van der Waals surface area contributed by atoms with Gasteiger partial charge in [0.25, 0.3) is 0 Å². The SMILES string of the molecule is CC(=O)Nc1cccc2[nH]c(CCCN(C)CCC3(OC(=O)C(C)C)CC4CCC3C=C4c3ccccc3)nc12. The van der Waals surface area contributed by atoms with E-state index in [9.17, 15) is 9.59 Å². The number of amides is 1. The first kappa shape index (κ1) is 28.1. The molecule has 1 amide bonds. The van der Waals surface area contributed by atoms with Gasteiger partial charge in [0, 0.05) is 32.2 Å². The number of para-hydroxylation sites is 1. The van der Waals surface area contributed by atoms with Crippen molar-refractivity contribution in [3.63, 3.8) is 0 Å². The third kappa shape index (κ3) is 6.15. The van der Waals surface area contributed by atoms with Crippen LogP contribution >= 0.6 is 0 Å². The molecule has 2 bridgehead atoms. The number of H-pyrrole nitrogens is 1. The van der Waals surface area contributed by atoms with Crippen LogP contribution in [0.25, 0.3) is 16.6 Å². The molecule has 212 valence electrons. The first-order valence-corrected chi connectivity index (χ1v) is 14.7. The van der Waals surface area contributed by atoms with E-state index in [-0.39, 0.29) is 23.7 Å². The van der Waals surface area contributed by atoms with Gasteiger partial charge in [-0.15, -0.1) is 0 Å². The van der Waals surface area contributed by atoms with E-state index in [0.29, 0.717) is 5.92 Å². The van der Waals surface area contributed by atoms with Crippen molar-refractivity contribution in [2.45, 2.75) is 64.9 Å². The third-order valence-corrected chi connectivity index (χ3v) is 8.54. The first-order valence-electron chi connectivity index (χ1n) is 14.7. The summed E-state index contributed by atoms with van der Waals surface area (Å²) in [4.78, 5) is 34.9. The Morgan fingerprint density at radius 2 is 1.93 bits per heavy atom. The Labute approximate surface area is 237 Å². The van der Waals surface area contributed by atoms with Crippen molar-refractivity contribution in [2.75, 3.05) is 25.5 Å². The van der Waals surface area contributed by atoms with E-state index in [4.69, 9.17) is 9.72 Å². The number of nitrogens with zero attached hydrogens (tertiary/aromatic N) is 2. The number of aromatic amines is 1. The van der Waals surface area contributed by atoms with Gasteiger partial charge in [-0.2, -0.15) is 0 Å². The predicted molar refractivity (Wildman–Crippen MR) is 160 cm³/mol. The lowest BCUT2D eigenvalue weighted by Gasteiger charge is -2.50. The zero-order valence-corrected chi connectivity index (χ0v) is 24.2. The third-order valence-electron chi connectivity index (χ3n) is 8.54. The van der Waals surface area contributed by atoms with Crippen LogP contribution in [-0.2, 0) is 20.7 Å². The average molecular weight is 543 g/mol. The monoisotopic (exact) mass is 542 g/mol. The van der Waals surface area contributed by atoms with Gasteiger partial charge < -0.3 is 19.9 Å². The summed E-state index contributed by atoms with van der Waals surface area (Å²) in [5, 5.41) is 2.86. The number of hydrogen-bond donors (Lipinski definition) is 2. The molecule has 7 nitrogen and oxygen atoms in total. The maximum Gasteiger partial charge on any atom is 0.308 e. The smallest absolute Gasteiger partial charge is 0.308 e. The van der Waals surface area contributed by atoms with Gasteiger partial charge in [-0.3, -0.25) is 9.59 Å². The maximum absolute atomic E-state index is 12.9. The van der Waals surface area contributed by atoms with Crippen molar-refractivity contribution < 1.29 is 14.3 Å². The number of anilines is 1. The van der Waals surface area contributed by atoms with Crippen LogP contribution in [0, 0.1) is 17.8 Å². The topological polar surface area (TPSA) is 87.3 Å². The molecule has 3 atom stereocenters. The Balaban J connectivity index is 1.22. The molecule has 0 spiro atoms. The van der Waals surface area contributed by atoms with Gasteiger partial charge in [0.05, 0.1) is 17.1 Å². The van der Waals surface area contributed by atoms with Crippen molar-refractivity contribution in [1.82, 2.24) is 14.9 Å². The molecule has 1 heterocycles. The van der Waals surface area contributed by atoms with Crippen LogP contribution in [0.1, 0.15) is 64.3 Å². The number of nitrogens with one attached hydrogen (secondary N) is 2. The lowest BCUT2D eigenvalue weighted by Crippen LogP contribution is -2.51. The van der Waals surface area contributed by atoms with Crippen molar-refractivity contribution in [1.29, 1.82) is 0 Å². The number of esters is 1. The predicted octanol–water partition coefficient (Wildman–Crippen LogP) is 6.23. The van der Waals surface area contributed by atoms with Crippen LogP contribution in [0.2, 0.25) is 0 Å². The van der Waals surface area contributed by atoms with E-state index in [1.807, 2.05) is 32.0 Å². The van der Waals surface area contributed by atoms with Gasteiger partial charge in [-0.1, -0.05) is 56.3 Å². The Kier molecular flexibility index (Phi) is 8.40. The summed E-state index contributed by atoms with van der Waals surface area (Å²) < 4.78 is 6.40. The zero-order chi connectivity index (χ0) is 28.3. The number of benzene rings is 2. The molecule has 40 heavy (non-hydrogen) atoms. The standard InChI is InChI=1S/C33H42N4O3/c1-22(2)32(39)40-33(21-25-15-16-26(33)20-27(25)24-10-6-5-7-11-24)17-19-37(4)18-9-14-30-35-29-13-8-12-28(31(29)36-30)34-23(3)38/h5-8,10-13,20,22,25-26H,9,14-19,21H2,1-4H3,(H,34,38)(H,35,36). The van der Waals surface area contributed by atoms with E-state index in [2.05, 4.69) is 58.7 Å². The van der Waals surface area contributed by atoms with Gasteiger partial charge in [0.1, 0.15) is 16.9 Å². The second kappa shape index (κ2) is 12.0. The van der Waals surface area contributed by atoms with E-state index >= 15 is 0 Å². The highest BCUT2D eigenvalue weighted by molar-refractivity contribution is 5.98. The fraction of sp³-hybridized carbons (Fsp3) is 0.485. The van der Waals surface area contributed by atoms with E-state index in [1.165, 1.54) is 18.1 Å². The van der Waals surface area contributed by atoms with E-state index in [1.54, 1.807) is 0 Å². The van der Waals surface area contributed by atoms with Gasteiger partial charge in [-0.25, -0.2) is 4.98 Å². The number of carbonyl (C=O) groups is 2. The van der Waals surface area contributed by atoms with Crippen LogP contribution in [-0.4, -0.2) is 52.5 Å². The number of aryl methyl sites for hydroxylation is 1. The van der Waals surface area contributed by atoms with Gasteiger partial charge in [-0.05, 0) is 68.5 Å². The van der Waals surface area contributed by atoms with E-state index < -0.39 is 5.60 Å². The van der Waals surface area contributed by atoms with Gasteiger partial charge in [0.2, 0.25) is 5.91 Å². The Morgan fingerprint density at radius 1 is 1.12 bits per heavy atom. The van der Waals surface area contributed by atoms with Gasteiger partial charge >= 0.3 is 5.97 Å². The molecule has 1 saturated carbocycles. The van der Waals surface area contributed by atoms with Crippen LogP contribution in [0.5, 0.6) is 0 Å². The molecule has 3 unspecified atom stereocenters. The molecular formula is C33H42N4O3. The van der Waals surface area contributed by atoms with Crippen molar-refractivity contribution in [2.24, 2.45) is 17.8 Å². The molecular weight excluding hydrogens is 500 g/mol. The van der Waals surface area contributed by atoms with E-state index in [0.717, 1.165) is 74.2 Å². The van der Waals surface area contributed by atoms with Crippen LogP contribution < -0.4 is 5.32 Å². The molecule has 3 aromatic rings. The molecule has 0 aliphatic heterocycles. The molecule has 7 heteroatoms. The molecule has 3 aliphatic rings. The van der Waals surface area contributed by atoms with Crippen molar-refractivity contribution >= 4 is 34.2 Å². The minimum Gasteiger partial charge on any atom is -0.458 e. The number of aromatic nitrogens is 2. The molecule has 0 saturated heterocycles. The van der Waals surface area contributed by atoms with Crippen LogP contribution in [0.15, 0.2) is 54.6 Å². The minimum absolute atomic E-state index is 0.0895. The summed E-state index contributed by atoms with van der Waals surface area (Å²) >= 11 is 0. The number of fused-ring (bicyclic) bond motifs is 3. The number of ether oxygens (including phenoxy) is 1. The number of rotatable bonds is 11. The summed E-state index contributed by atoms with van der Waals surface area (Å²) in [5.74, 6) is 1.27. The molecule has 2 aromatic carbocycles. The largest absolute Gasteiger partial charge is 0.458 e. The lowest BCUT2D eigenvalue weighted by molar-refractivity contribution is -0.176. The highest BCUT2D eigenvalue weighted by Gasteiger charge is 2.50. The molecule has 6 rings (SSSR count). The quantitative estimate of drug-likeness (QED) is 0.281. The lowest BCUT2D eigenvalue weighted by atomic mass is 9.60. The molecule has 0 radical (unpaired) electrons. The first-order chi connectivity index (χ1) is 19.2. The molecule has 1 fully saturated rings. The fourth-order valence-corrected chi connectivity index (χ4v) is 6.40. The normalized spacial score (nSPS) is 22.1. The Hall–Kier alpha value is -3.45. The summed E-state index contributed by atoms with van der Waals surface area (Å²) in [6, 6.07) is 16.4. The summed E-state index contributed by atoms with van der Waals surface area (Å²) in [7, 11) is 2.15. The number of carbonyl (C=O) groups excluding carboxylic acids is 2. The van der Waals surface area contributed by atoms with Crippen molar-refractivity contribution in [3.05, 3.63) is 66.0 Å². The van der Waals surface area contributed by atoms with Crippen LogP contribution in [0.3, 0.4) is 0 Å². The highest BCUT2D eigenvalue weighted by Crippen LogP contribution is 2.53. The summed E-state index contributed by atoms with van der Waals surface area (Å²) in [6.07, 6.45) is 8.16. The molecule has 2 N–H and O–H groups in total. The maximum atomic E-state index is 12.9. The summed E-state index contributed by atoms with van der Waals surface area (Å²) in [5.41, 5.74) is 4.75. The highest BCUT2D eigenvalue weighted by atomic mass is 16.6. The van der Waals surface area contributed by atoms with Gasteiger partial charge in [0.15, 0.2) is 0 Å². The molecule has 1 aromatic heterocycles. The second-order valence-electron chi connectivity index (χ2n) is 11.9. The Morgan fingerprint density at radius 3 is 2.62 bits per heavy atom. The van der Waals surface area contributed by atoms with Crippen LogP contribution in [0.4, 0.5) is 5.69 Å². The number of hydrogen-bond acceptors (Lipinski definition) is 5. The summed E-state index contributed by atoms with van der Waals surface area (Å²) in [6.45, 7) is 7.14. The zero-order valence-electron chi connectivity index (χ0n) is 24.2. The Bertz CT molecular complexity index is 1380. The average Bonchev–Trinajstić information content (AvgIpc) is 3.36. The number of allylic oxidation sites excluding steroid dienone is 1.